The molecular weight excluding hydrogens is 405 g/mol. The monoisotopic (exact) mass is 431 g/mol. The standard InChI is InChI=1S/C25H26FN5O/c1-17-13-18-10-12-31(24(18)29-14-17)16-20-8-9-22(30-23(20)26)28-15-19-5-4-11-27-25(19)32-21-6-2-3-7-21/h4-5,8-14,21H,2-3,6-7,15-16H2,1H3,(H,28,30). The lowest BCUT2D eigenvalue weighted by Crippen LogP contribution is -2.14. The molecule has 0 spiro atoms. The summed E-state index contributed by atoms with van der Waals surface area (Å²) < 4.78 is 22.8. The lowest BCUT2D eigenvalue weighted by molar-refractivity contribution is 0.199. The number of hydrogen-bond donors (Lipinski definition) is 1. The largest absolute Gasteiger partial charge is 0.474 e. The van der Waals surface area contributed by atoms with E-state index in [1.807, 2.05) is 42.1 Å². The third-order valence-electron chi connectivity index (χ3n) is 5.90. The number of rotatable bonds is 7. The van der Waals surface area contributed by atoms with Crippen molar-refractivity contribution in [3.63, 3.8) is 0 Å². The first-order chi connectivity index (χ1) is 15.7. The quantitative estimate of drug-likeness (QED) is 0.405. The summed E-state index contributed by atoms with van der Waals surface area (Å²) in [6, 6.07) is 11.5. The van der Waals surface area contributed by atoms with Crippen molar-refractivity contribution in [3.8, 4) is 5.88 Å². The average Bonchev–Trinajstić information content (AvgIpc) is 3.44. The molecule has 1 N–H and O–H groups in total. The Morgan fingerprint density at radius 1 is 1.12 bits per heavy atom. The Balaban J connectivity index is 1.27. The van der Waals surface area contributed by atoms with Gasteiger partial charge in [-0.2, -0.15) is 4.39 Å². The van der Waals surface area contributed by atoms with E-state index in [1.165, 1.54) is 12.8 Å². The van der Waals surface area contributed by atoms with Crippen LogP contribution in [0.3, 0.4) is 0 Å². The van der Waals surface area contributed by atoms with Gasteiger partial charge in [-0.25, -0.2) is 15.0 Å². The lowest BCUT2D eigenvalue weighted by atomic mass is 10.2. The fraction of sp³-hybridized carbons (Fsp3) is 0.320. The molecule has 1 fully saturated rings. The zero-order valence-electron chi connectivity index (χ0n) is 18.1. The fourth-order valence-electron chi connectivity index (χ4n) is 4.19. The van der Waals surface area contributed by atoms with Crippen LogP contribution in [0.25, 0.3) is 11.0 Å². The molecule has 0 saturated heterocycles. The van der Waals surface area contributed by atoms with E-state index in [9.17, 15) is 4.39 Å². The summed E-state index contributed by atoms with van der Waals surface area (Å²) in [6.45, 7) is 2.85. The van der Waals surface area contributed by atoms with Crippen molar-refractivity contribution in [1.82, 2.24) is 19.5 Å². The molecule has 4 aromatic rings. The molecule has 4 aromatic heterocycles. The van der Waals surface area contributed by atoms with Gasteiger partial charge in [0.15, 0.2) is 0 Å². The Morgan fingerprint density at radius 2 is 2.00 bits per heavy atom. The molecule has 0 unspecified atom stereocenters. The number of nitrogens with zero attached hydrogens (tertiary/aromatic N) is 4. The van der Waals surface area contributed by atoms with E-state index in [1.54, 1.807) is 18.3 Å². The second-order valence-corrected chi connectivity index (χ2v) is 8.36. The highest BCUT2D eigenvalue weighted by Crippen LogP contribution is 2.25. The van der Waals surface area contributed by atoms with Gasteiger partial charge in [-0.05, 0) is 68.5 Å². The van der Waals surface area contributed by atoms with Gasteiger partial charge in [0.25, 0.3) is 0 Å². The van der Waals surface area contributed by atoms with Crippen molar-refractivity contribution in [3.05, 3.63) is 77.6 Å². The molecule has 5 rings (SSSR count). The average molecular weight is 432 g/mol. The fourth-order valence-corrected chi connectivity index (χ4v) is 4.19. The van der Waals surface area contributed by atoms with Crippen LogP contribution in [0.2, 0.25) is 0 Å². The Hall–Kier alpha value is -3.48. The first kappa shape index (κ1) is 20.4. The molecule has 1 aliphatic rings. The maximum absolute atomic E-state index is 14.8. The molecule has 1 saturated carbocycles. The molecular formula is C25H26FN5O. The smallest absolute Gasteiger partial charge is 0.219 e. The van der Waals surface area contributed by atoms with Crippen LogP contribution in [0, 0.1) is 12.9 Å². The summed E-state index contributed by atoms with van der Waals surface area (Å²) in [7, 11) is 0. The van der Waals surface area contributed by atoms with Crippen LogP contribution in [0.5, 0.6) is 5.88 Å². The van der Waals surface area contributed by atoms with Crippen molar-refractivity contribution in [2.75, 3.05) is 5.32 Å². The molecule has 0 atom stereocenters. The molecule has 7 heteroatoms. The Kier molecular flexibility index (Phi) is 5.71. The van der Waals surface area contributed by atoms with E-state index in [0.29, 0.717) is 30.4 Å². The summed E-state index contributed by atoms with van der Waals surface area (Å²) >= 11 is 0. The van der Waals surface area contributed by atoms with Crippen LogP contribution in [0.1, 0.15) is 42.4 Å². The van der Waals surface area contributed by atoms with Crippen molar-refractivity contribution in [2.24, 2.45) is 0 Å². The number of ether oxygens (including phenoxy) is 1. The van der Waals surface area contributed by atoms with E-state index < -0.39 is 5.95 Å². The predicted molar refractivity (Wildman–Crippen MR) is 122 cm³/mol. The van der Waals surface area contributed by atoms with Gasteiger partial charge in [0.2, 0.25) is 11.8 Å². The lowest BCUT2D eigenvalue weighted by Gasteiger charge is -2.16. The summed E-state index contributed by atoms with van der Waals surface area (Å²) in [4.78, 5) is 13.0. The number of fused-ring (bicyclic) bond motifs is 1. The molecule has 0 aliphatic heterocycles. The highest BCUT2D eigenvalue weighted by molar-refractivity contribution is 5.76. The van der Waals surface area contributed by atoms with Gasteiger partial charge in [-0.15, -0.1) is 0 Å². The number of halogens is 1. The van der Waals surface area contributed by atoms with Gasteiger partial charge < -0.3 is 14.6 Å². The highest BCUT2D eigenvalue weighted by atomic mass is 19.1. The summed E-state index contributed by atoms with van der Waals surface area (Å²) in [5.41, 5.74) is 3.39. The Bertz CT molecular complexity index is 1230. The van der Waals surface area contributed by atoms with Gasteiger partial charge in [0, 0.05) is 41.6 Å². The van der Waals surface area contributed by atoms with Gasteiger partial charge in [-0.3, -0.25) is 0 Å². The van der Waals surface area contributed by atoms with Gasteiger partial charge in [0.1, 0.15) is 17.6 Å². The van der Waals surface area contributed by atoms with Crippen LogP contribution in [-0.4, -0.2) is 25.6 Å². The number of hydrogen-bond acceptors (Lipinski definition) is 5. The van der Waals surface area contributed by atoms with Gasteiger partial charge >= 0.3 is 0 Å². The number of aryl methyl sites for hydroxylation is 1. The van der Waals surface area contributed by atoms with Gasteiger partial charge in [0.05, 0.1) is 6.54 Å². The van der Waals surface area contributed by atoms with Crippen LogP contribution in [0.15, 0.2) is 55.0 Å². The molecule has 0 amide bonds. The minimum atomic E-state index is -0.488. The molecule has 32 heavy (non-hydrogen) atoms. The van der Waals surface area contributed by atoms with Gasteiger partial charge in [-0.1, -0.05) is 6.07 Å². The second kappa shape index (κ2) is 8.94. The highest BCUT2D eigenvalue weighted by Gasteiger charge is 2.18. The number of nitrogens with one attached hydrogen (secondary N) is 1. The summed E-state index contributed by atoms with van der Waals surface area (Å²) in [5.74, 6) is 0.636. The summed E-state index contributed by atoms with van der Waals surface area (Å²) in [5, 5.41) is 4.24. The summed E-state index contributed by atoms with van der Waals surface area (Å²) in [6.07, 6.45) is 10.3. The van der Waals surface area contributed by atoms with E-state index >= 15 is 0 Å². The third-order valence-corrected chi connectivity index (χ3v) is 5.90. The molecule has 0 radical (unpaired) electrons. The Labute approximate surface area is 186 Å². The molecule has 1 aliphatic carbocycles. The van der Waals surface area contributed by atoms with E-state index in [2.05, 4.69) is 26.3 Å². The topological polar surface area (TPSA) is 64.9 Å². The van der Waals surface area contributed by atoms with Crippen LogP contribution >= 0.6 is 0 Å². The number of anilines is 1. The third kappa shape index (κ3) is 4.42. The molecule has 164 valence electrons. The minimum absolute atomic E-state index is 0.238. The van der Waals surface area contributed by atoms with Crippen molar-refractivity contribution >= 4 is 16.9 Å². The molecule has 4 heterocycles. The van der Waals surface area contributed by atoms with E-state index in [4.69, 9.17) is 4.74 Å². The van der Waals surface area contributed by atoms with E-state index in [0.717, 1.165) is 35.0 Å². The van der Waals surface area contributed by atoms with Crippen LogP contribution in [0.4, 0.5) is 10.2 Å². The van der Waals surface area contributed by atoms with Crippen LogP contribution < -0.4 is 10.1 Å². The zero-order chi connectivity index (χ0) is 21.9. The normalized spacial score (nSPS) is 14.2. The van der Waals surface area contributed by atoms with E-state index in [-0.39, 0.29) is 6.10 Å². The Morgan fingerprint density at radius 3 is 2.84 bits per heavy atom. The minimum Gasteiger partial charge on any atom is -0.474 e. The number of pyridine rings is 3. The van der Waals surface area contributed by atoms with Crippen molar-refractivity contribution in [2.45, 2.75) is 51.8 Å². The van der Waals surface area contributed by atoms with Crippen LogP contribution in [-0.2, 0) is 13.1 Å². The predicted octanol–water partition coefficient (Wildman–Crippen LogP) is 5.26. The number of aromatic nitrogens is 4. The maximum Gasteiger partial charge on any atom is 0.219 e. The SMILES string of the molecule is Cc1cnc2c(ccn2Cc2ccc(NCc3cccnc3OC3CCCC3)nc2F)c1. The molecule has 6 nitrogen and oxygen atoms in total. The second-order valence-electron chi connectivity index (χ2n) is 8.36. The van der Waals surface area contributed by atoms with Crippen molar-refractivity contribution in [1.29, 1.82) is 0 Å². The van der Waals surface area contributed by atoms with Crippen molar-refractivity contribution < 1.29 is 9.13 Å². The molecule has 0 bridgehead atoms. The zero-order valence-corrected chi connectivity index (χ0v) is 18.1. The molecule has 0 aromatic carbocycles. The first-order valence-electron chi connectivity index (χ1n) is 11.1. The first-order valence-corrected chi connectivity index (χ1v) is 11.1. The maximum atomic E-state index is 14.8.